The van der Waals surface area contributed by atoms with Gasteiger partial charge in [0.05, 0.1) is 31.6 Å². The van der Waals surface area contributed by atoms with Crippen molar-refractivity contribution in [3.63, 3.8) is 0 Å². The van der Waals surface area contributed by atoms with E-state index >= 15 is 0 Å². The predicted molar refractivity (Wildman–Crippen MR) is 451 cm³/mol. The molecule has 0 radical (unpaired) electrons. The van der Waals surface area contributed by atoms with Crippen molar-refractivity contribution < 1.29 is 236 Å². The molecular weight excluding hydrogens is 2280 g/mol. The van der Waals surface area contributed by atoms with E-state index in [1.807, 2.05) is 109 Å². The Morgan fingerprint density at radius 1 is 0.408 bits per heavy atom. The fraction of sp³-hybridized carbons (Fsp3) is 0.179. The summed E-state index contributed by atoms with van der Waals surface area (Å²) in [6, 6.07) is 78.9. The Labute approximate surface area is 825 Å². The van der Waals surface area contributed by atoms with E-state index in [9.17, 15) is 158 Å². The standard InChI is InChI=1S/C18H15S.C15H24O3S.C12H8Cl2I.C9H10O2.2C7H8O3S.C7H6O2.C6HF5O3S.C2HF3O2.CHF3O3S.BF3.ClHO4.F6P.FH/c1-4-10-16(11-5-1)19(17-12-6-2-7-13-17)18-14-8-3-9-15-18;1-9(2)12-7-13(10(3)4)15(19(16,17)18)14(8-12)11(5)6;13-9-3-1-5-11(7-9)15-12-6-2-4-10(14)8-12;1-7-2-4-8(5-3-7)6-9(10)11;2*1-6-2-4-7(5-3-6)11(8,9)10;8-7(9)6-4-2-1-3-5-6;7-1-2(8)4(10)6(15(12,13)14)5(11)3(1)9;3-2(4,5)1(6)7;2-1(3,4)8(5,6)7;2-1(3)4;2-1(3,4)5;1-7(2,3,4,5)6;/h1-15H;7-11H,1-6H3,(H,16,17,18);1-8H;2-5H,6H2,1H3,(H,10,11);2*2-5H,1H3,(H,8,9,10);1-5H,(H,8,9);(H,12,13,14);(H,6,7);(H,5,6,7);;(H,2,3,4,5);;1H/q+1;;+1;;;;;;;;;;-1;/p-10. The number of aryl methyl sites for hydroxylation is 3. The van der Waals surface area contributed by atoms with E-state index < -0.39 is 140 Å². The summed E-state index contributed by atoms with van der Waals surface area (Å²) in [6.45, 7) is 17.4. The van der Waals surface area contributed by atoms with Crippen molar-refractivity contribution in [3.8, 4) is 0 Å². The topological polar surface area (TPSA) is 499 Å². The first-order valence-corrected chi connectivity index (χ1v) is 51.9. The van der Waals surface area contributed by atoms with Crippen molar-refractivity contribution in [1.29, 1.82) is 0 Å². The Morgan fingerprint density at radius 3 is 0.866 bits per heavy atom. The van der Waals surface area contributed by atoms with Gasteiger partial charge in [-0.15, -0.1) is 10.2 Å². The number of carbonyl (C=O) groups excluding carboxylic acids is 3. The smallest absolute Gasteiger partial charge is 0.485 e. The minimum Gasteiger partial charge on any atom is -1.00 e. The van der Waals surface area contributed by atoms with E-state index in [2.05, 4.69) is 117 Å². The second kappa shape index (κ2) is 59.6. The fourth-order valence-electron chi connectivity index (χ4n) is 9.08. The number of aliphatic carboxylic acids is 2. The molecule has 25 nitrogen and oxygen atoms in total. The van der Waals surface area contributed by atoms with Crippen LogP contribution in [-0.4, -0.2) is 102 Å². The normalized spacial score (nSPS) is 11.6. The molecule has 0 spiro atoms. The molecule has 0 aliphatic carbocycles. The van der Waals surface area contributed by atoms with Crippen molar-refractivity contribution in [2.24, 2.45) is 0 Å². The second-order valence-corrected chi connectivity index (χ2v) is 42.9. The van der Waals surface area contributed by atoms with Crippen LogP contribution in [0.4, 0.5) is 86.4 Å². The third kappa shape index (κ3) is 62.0. The number of benzene rings is 11. The third-order valence-corrected chi connectivity index (χ3v) is 24.5. The monoisotopic (exact) mass is 2350 g/mol. The average molecular weight is 2350 g/mol. The van der Waals surface area contributed by atoms with Crippen LogP contribution in [0.1, 0.15) is 109 Å². The number of halogens is 25. The molecule has 0 aromatic heterocycles. The van der Waals surface area contributed by atoms with Crippen molar-refractivity contribution >= 4 is 118 Å². The van der Waals surface area contributed by atoms with Gasteiger partial charge in [0.1, 0.15) is 51.3 Å². The van der Waals surface area contributed by atoms with Crippen molar-refractivity contribution in [3.05, 3.63) is 346 Å². The summed E-state index contributed by atoms with van der Waals surface area (Å²) in [4.78, 5) is 30.4. The van der Waals surface area contributed by atoms with Crippen molar-refractivity contribution in [2.45, 2.75) is 132 Å². The van der Waals surface area contributed by atoms with E-state index in [1.54, 1.807) is 54.6 Å². The van der Waals surface area contributed by atoms with Crippen LogP contribution >= 0.6 is 31.0 Å². The number of hydrogen-bond donors (Lipinski definition) is 0. The minimum atomic E-state index is -10.7. The summed E-state index contributed by atoms with van der Waals surface area (Å²) < 4.78 is 405. The van der Waals surface area contributed by atoms with Crippen LogP contribution in [0.15, 0.2) is 289 Å². The summed E-state index contributed by atoms with van der Waals surface area (Å²) >= 11 is 11.7. The molecule has 0 N–H and O–H groups in total. The largest absolute Gasteiger partial charge is 1.00 e. The van der Waals surface area contributed by atoms with Crippen molar-refractivity contribution in [2.75, 3.05) is 0 Å². The van der Waals surface area contributed by atoms with Crippen LogP contribution in [0, 0.1) is 67.2 Å². The maximum Gasteiger partial charge on any atom is 0.485 e. The van der Waals surface area contributed by atoms with Gasteiger partial charge in [-0.2, -0.15) is 26.3 Å². The Morgan fingerprint density at radius 2 is 0.662 bits per heavy atom. The molecule has 11 aromatic carbocycles. The predicted octanol–water partition coefficient (Wildman–Crippen LogP) is 9.15. The molecule has 0 aliphatic heterocycles. The quantitative estimate of drug-likeness (QED) is 0.0106. The van der Waals surface area contributed by atoms with Crippen LogP contribution in [0.2, 0.25) is 10.0 Å². The number of aromatic carboxylic acids is 1. The Balaban J connectivity index is -0.00000150. The van der Waals surface area contributed by atoms with Gasteiger partial charge in [0.25, 0.3) is 0 Å². The zero-order valence-electron chi connectivity index (χ0n) is 73.3. The molecule has 11 aromatic rings. The maximum absolute atomic E-state index is 12.6. The first-order chi connectivity index (χ1) is 63.8. The second-order valence-electron chi connectivity index (χ2n) is 27.5. The first-order valence-electron chi connectivity index (χ1n) is 37.4. The number of carbonyl (C=O) groups is 3. The summed E-state index contributed by atoms with van der Waals surface area (Å²) in [5.41, 5.74) is 0.720. The summed E-state index contributed by atoms with van der Waals surface area (Å²) in [6.07, 6.45) is -5.19. The summed E-state index contributed by atoms with van der Waals surface area (Å²) in [5.74, 6) is -17.7. The molecule has 788 valence electrons. The van der Waals surface area contributed by atoms with Crippen LogP contribution < -0.4 is 59.9 Å². The molecule has 0 heterocycles. The van der Waals surface area contributed by atoms with Gasteiger partial charge in [-0.25, -0.2) is 82.7 Å². The molecular formula is C84H74BCl3F21IO25PS6-9. The minimum absolute atomic E-state index is 0. The Bertz CT molecular complexity index is 6120. The number of alkyl halides is 6. The van der Waals surface area contributed by atoms with E-state index in [0.29, 0.717) is 17.0 Å². The van der Waals surface area contributed by atoms with Crippen LogP contribution in [0.25, 0.3) is 0 Å². The Kier molecular flexibility index (Phi) is 57.2. The number of carboxylic acid groups (broad SMARTS) is 3. The summed E-state index contributed by atoms with van der Waals surface area (Å²) in [7, 11) is -44.1. The first kappa shape index (κ1) is 136. The van der Waals surface area contributed by atoms with Gasteiger partial charge in [0.15, 0.2) is 55.2 Å². The SMILES string of the molecule is CC(C)c1cc(C(C)C)c(S(=O)(=O)[O-])c(C(C)C)c1.Cc1ccc(CC(=O)[O-])cc1.Cc1ccc(S(=O)(=O)[O-])cc1.Cc1ccc(S(=O)(=O)[O-])cc1.Clc1cccc([I+]c2cccc(Cl)c2)c1.FB(F)F.F[P-](F)(F)(F)(F)F.O=C([O-])C(F)(F)F.O=C([O-])c1ccccc1.O=S(=O)([O-])C(F)(F)F.O=S(=O)([O-])c1c(F)c(F)c(F)c(F)c1F.[F-].[O-][Cl+3]([O-])([O-])[O-].c1ccc([S+](c2ccccc2)c2ccccc2)cc1. The van der Waals surface area contributed by atoms with E-state index in [0.717, 1.165) is 37.9 Å². The van der Waals surface area contributed by atoms with Gasteiger partial charge in [0, 0.05) is 34.6 Å². The molecule has 0 aliphatic rings. The van der Waals surface area contributed by atoms with Gasteiger partial charge < -0.3 is 57.2 Å². The van der Waals surface area contributed by atoms with Crippen LogP contribution in [-0.2, 0) is 77.5 Å². The molecule has 11 rings (SSSR count). The zero-order chi connectivity index (χ0) is 110. The molecule has 0 atom stereocenters. The molecule has 0 fully saturated rings. The maximum atomic E-state index is 12.6. The van der Waals surface area contributed by atoms with Crippen LogP contribution in [0.5, 0.6) is 0 Å². The third-order valence-electron chi connectivity index (χ3n) is 15.1. The van der Waals surface area contributed by atoms with Gasteiger partial charge in [-0.05, 0) is 151 Å². The van der Waals surface area contributed by atoms with Gasteiger partial charge >= 0.3 is 73.4 Å². The fourth-order valence-corrected chi connectivity index (χ4v) is 17.1. The van der Waals surface area contributed by atoms with E-state index in [4.69, 9.17) is 64.7 Å². The zero-order valence-corrected chi connectivity index (χ0v) is 83.5. The van der Waals surface area contributed by atoms with Crippen LogP contribution in [0.3, 0.4) is 0 Å². The molecule has 0 bridgehead atoms. The molecule has 0 saturated carbocycles. The number of hydrogen-bond acceptors (Lipinski definition) is 25. The number of rotatable bonds is 15. The van der Waals surface area contributed by atoms with Gasteiger partial charge in [-0.1, -0.05) is 239 Å². The number of carboxylic acids is 3. The molecule has 142 heavy (non-hydrogen) atoms. The molecule has 0 unspecified atom stereocenters. The van der Waals surface area contributed by atoms with Gasteiger partial charge in [-0.3, -0.25) is 12.9 Å². The Hall–Kier alpha value is -9.81. The average Bonchev–Trinajstić information content (AvgIpc) is 0.783. The summed E-state index contributed by atoms with van der Waals surface area (Å²) in [5, 5.41) is 30.6. The molecule has 0 amide bonds. The molecule has 58 heteroatoms. The van der Waals surface area contributed by atoms with Crippen molar-refractivity contribution in [1.82, 2.24) is 0 Å². The van der Waals surface area contributed by atoms with E-state index in [-0.39, 0.29) is 75.3 Å². The van der Waals surface area contributed by atoms with Gasteiger partial charge in [0.2, 0.25) is 5.82 Å². The van der Waals surface area contributed by atoms with E-state index in [1.165, 1.54) is 58.2 Å². The molecule has 0 saturated heterocycles.